The third kappa shape index (κ3) is 5.61. The smallest absolute Gasteiger partial charge is 0.320 e. The second-order valence-electron chi connectivity index (χ2n) is 5.97. The van der Waals surface area contributed by atoms with E-state index in [4.69, 9.17) is 4.74 Å². The van der Waals surface area contributed by atoms with Crippen LogP contribution in [0.3, 0.4) is 0 Å². The van der Waals surface area contributed by atoms with Crippen molar-refractivity contribution in [3.05, 3.63) is 29.8 Å². The van der Waals surface area contributed by atoms with Gasteiger partial charge in [-0.2, -0.15) is 0 Å². The Hall–Kier alpha value is -1.79. The maximum absolute atomic E-state index is 12.4. The molecule has 1 aromatic rings. The monoisotopic (exact) mass is 370 g/mol. The normalized spacial score (nSPS) is 18.2. The number of para-hydroxylation sites is 1. The minimum absolute atomic E-state index is 0. The molecule has 1 fully saturated rings. The molecular formula is C18H27ClN2O4. The van der Waals surface area contributed by atoms with Gasteiger partial charge in [-0.25, -0.2) is 0 Å². The zero-order valence-corrected chi connectivity index (χ0v) is 15.6. The number of aliphatic carboxylic acids is 1. The van der Waals surface area contributed by atoms with Crippen LogP contribution in [0.25, 0.3) is 0 Å². The van der Waals surface area contributed by atoms with E-state index < -0.39 is 12.0 Å². The standard InChI is InChI=1S/C18H26N2O4.ClH/c1-3-14(13-8-5-6-10-16(13)24-4-2)19-17(21)12-20-11-7-9-15(20)18(22)23;/h5-6,8,10,14-15H,3-4,7,9,11-12H2,1-2H3,(H,19,21)(H,22,23);1H/t14?,15-;/m1./s1. The molecular weight excluding hydrogens is 344 g/mol. The lowest BCUT2D eigenvalue weighted by molar-refractivity contribution is -0.142. The van der Waals surface area contributed by atoms with Crippen LogP contribution in [0.1, 0.15) is 44.7 Å². The summed E-state index contributed by atoms with van der Waals surface area (Å²) in [5.74, 6) is -0.230. The summed E-state index contributed by atoms with van der Waals surface area (Å²) in [5.41, 5.74) is 0.950. The number of hydrogen-bond acceptors (Lipinski definition) is 4. The average molecular weight is 371 g/mol. The minimum atomic E-state index is -0.853. The first kappa shape index (κ1) is 21.3. The molecule has 7 heteroatoms. The fourth-order valence-corrected chi connectivity index (χ4v) is 3.17. The maximum Gasteiger partial charge on any atom is 0.320 e. The van der Waals surface area contributed by atoms with Crippen molar-refractivity contribution in [2.75, 3.05) is 19.7 Å². The van der Waals surface area contributed by atoms with Crippen LogP contribution in [0, 0.1) is 0 Å². The third-order valence-corrected chi connectivity index (χ3v) is 4.33. The van der Waals surface area contributed by atoms with Gasteiger partial charge in [0.25, 0.3) is 0 Å². The molecule has 0 radical (unpaired) electrons. The Kier molecular flexibility index (Phi) is 8.72. The number of nitrogens with one attached hydrogen (secondary N) is 1. The van der Waals surface area contributed by atoms with Gasteiger partial charge in [0, 0.05) is 5.56 Å². The molecule has 1 amide bonds. The molecule has 0 bridgehead atoms. The molecule has 140 valence electrons. The van der Waals surface area contributed by atoms with E-state index in [1.165, 1.54) is 0 Å². The summed E-state index contributed by atoms with van der Waals surface area (Å²) < 4.78 is 5.64. The molecule has 0 saturated carbocycles. The van der Waals surface area contributed by atoms with Crippen molar-refractivity contribution in [1.29, 1.82) is 0 Å². The molecule has 1 aliphatic heterocycles. The van der Waals surface area contributed by atoms with Gasteiger partial charge in [-0.05, 0) is 38.8 Å². The lowest BCUT2D eigenvalue weighted by atomic mass is 10.0. The van der Waals surface area contributed by atoms with Crippen LogP contribution >= 0.6 is 12.4 Å². The third-order valence-electron chi connectivity index (χ3n) is 4.33. The number of amides is 1. The molecule has 1 unspecified atom stereocenters. The first-order valence-corrected chi connectivity index (χ1v) is 8.54. The number of carboxylic acids is 1. The van der Waals surface area contributed by atoms with Gasteiger partial charge in [-0.1, -0.05) is 25.1 Å². The Labute approximate surface area is 154 Å². The van der Waals surface area contributed by atoms with E-state index in [-0.39, 0.29) is 30.9 Å². The first-order valence-electron chi connectivity index (χ1n) is 8.54. The molecule has 0 aromatic heterocycles. The summed E-state index contributed by atoms with van der Waals surface area (Å²) >= 11 is 0. The Morgan fingerprint density at radius 2 is 2.08 bits per heavy atom. The fourth-order valence-electron chi connectivity index (χ4n) is 3.17. The van der Waals surface area contributed by atoms with Crippen LogP contribution in [0.4, 0.5) is 0 Å². The van der Waals surface area contributed by atoms with E-state index in [1.54, 1.807) is 4.90 Å². The topological polar surface area (TPSA) is 78.9 Å². The summed E-state index contributed by atoms with van der Waals surface area (Å²) in [6.45, 7) is 5.26. The number of rotatable bonds is 8. The SMILES string of the molecule is CCOc1ccccc1C(CC)NC(=O)CN1CCC[C@@H]1C(=O)O.Cl. The lowest BCUT2D eigenvalue weighted by Gasteiger charge is -2.24. The molecule has 0 aliphatic carbocycles. The van der Waals surface area contributed by atoms with Crippen molar-refractivity contribution >= 4 is 24.3 Å². The minimum Gasteiger partial charge on any atom is -0.494 e. The van der Waals surface area contributed by atoms with Gasteiger partial charge in [0.2, 0.25) is 5.91 Å². The highest BCUT2D eigenvalue weighted by atomic mass is 35.5. The zero-order chi connectivity index (χ0) is 17.5. The van der Waals surface area contributed by atoms with Crippen molar-refractivity contribution in [3.63, 3.8) is 0 Å². The van der Waals surface area contributed by atoms with Gasteiger partial charge in [0.05, 0.1) is 19.2 Å². The molecule has 6 nitrogen and oxygen atoms in total. The molecule has 1 saturated heterocycles. The molecule has 2 rings (SSSR count). The molecule has 2 atom stereocenters. The number of ether oxygens (including phenoxy) is 1. The molecule has 1 heterocycles. The second-order valence-corrected chi connectivity index (χ2v) is 5.97. The van der Waals surface area contributed by atoms with Crippen molar-refractivity contribution in [2.24, 2.45) is 0 Å². The van der Waals surface area contributed by atoms with E-state index in [9.17, 15) is 14.7 Å². The summed E-state index contributed by atoms with van der Waals surface area (Å²) in [6, 6.07) is 6.99. The molecule has 1 aliphatic rings. The second kappa shape index (κ2) is 10.3. The van der Waals surface area contributed by atoms with Gasteiger partial charge in [0.15, 0.2) is 0 Å². The van der Waals surface area contributed by atoms with E-state index in [2.05, 4.69) is 5.32 Å². The quantitative estimate of drug-likeness (QED) is 0.735. The lowest BCUT2D eigenvalue weighted by Crippen LogP contribution is -2.43. The maximum atomic E-state index is 12.4. The Balaban J connectivity index is 0.00000312. The number of nitrogens with zero attached hydrogens (tertiary/aromatic N) is 1. The summed E-state index contributed by atoms with van der Waals surface area (Å²) in [5, 5.41) is 12.2. The molecule has 0 spiro atoms. The number of benzene rings is 1. The summed E-state index contributed by atoms with van der Waals surface area (Å²) in [4.78, 5) is 25.3. The Morgan fingerprint density at radius 3 is 2.72 bits per heavy atom. The highest BCUT2D eigenvalue weighted by Crippen LogP contribution is 2.27. The number of carbonyl (C=O) groups is 2. The van der Waals surface area contributed by atoms with Gasteiger partial charge >= 0.3 is 5.97 Å². The molecule has 25 heavy (non-hydrogen) atoms. The van der Waals surface area contributed by atoms with Crippen LogP contribution < -0.4 is 10.1 Å². The Bertz CT molecular complexity index is 582. The van der Waals surface area contributed by atoms with Crippen molar-refractivity contribution < 1.29 is 19.4 Å². The zero-order valence-electron chi connectivity index (χ0n) is 14.7. The Morgan fingerprint density at radius 1 is 1.36 bits per heavy atom. The number of likely N-dealkylation sites (tertiary alicyclic amines) is 1. The van der Waals surface area contributed by atoms with Gasteiger partial charge in [0.1, 0.15) is 11.8 Å². The van der Waals surface area contributed by atoms with E-state index in [1.807, 2.05) is 38.1 Å². The van der Waals surface area contributed by atoms with Gasteiger partial charge < -0.3 is 15.2 Å². The van der Waals surface area contributed by atoms with Crippen LogP contribution in [-0.2, 0) is 9.59 Å². The number of carboxylic acid groups (broad SMARTS) is 1. The van der Waals surface area contributed by atoms with Crippen LogP contribution in [-0.4, -0.2) is 47.6 Å². The molecule has 1 aromatic carbocycles. The van der Waals surface area contributed by atoms with Crippen LogP contribution in [0.5, 0.6) is 5.75 Å². The number of halogens is 1. The van der Waals surface area contributed by atoms with Gasteiger partial charge in [-0.15, -0.1) is 12.4 Å². The van der Waals surface area contributed by atoms with E-state index >= 15 is 0 Å². The van der Waals surface area contributed by atoms with Gasteiger partial charge in [-0.3, -0.25) is 14.5 Å². The highest BCUT2D eigenvalue weighted by molar-refractivity contribution is 5.85. The van der Waals surface area contributed by atoms with Crippen molar-refractivity contribution in [1.82, 2.24) is 10.2 Å². The fraction of sp³-hybridized carbons (Fsp3) is 0.556. The average Bonchev–Trinajstić information content (AvgIpc) is 3.02. The summed E-state index contributed by atoms with van der Waals surface area (Å²) in [7, 11) is 0. The molecule has 2 N–H and O–H groups in total. The van der Waals surface area contributed by atoms with E-state index in [0.717, 1.165) is 24.2 Å². The van der Waals surface area contributed by atoms with Crippen LogP contribution in [0.15, 0.2) is 24.3 Å². The van der Waals surface area contributed by atoms with Crippen molar-refractivity contribution in [2.45, 2.75) is 45.2 Å². The summed E-state index contributed by atoms with van der Waals surface area (Å²) in [6.07, 6.45) is 2.15. The van der Waals surface area contributed by atoms with E-state index in [0.29, 0.717) is 19.6 Å². The number of carbonyl (C=O) groups excluding carboxylic acids is 1. The largest absolute Gasteiger partial charge is 0.494 e. The highest BCUT2D eigenvalue weighted by Gasteiger charge is 2.32. The predicted octanol–water partition coefficient (Wildman–Crippen LogP) is 2.62. The van der Waals surface area contributed by atoms with Crippen LogP contribution in [0.2, 0.25) is 0 Å². The van der Waals surface area contributed by atoms with Crippen molar-refractivity contribution in [3.8, 4) is 5.75 Å². The first-order chi connectivity index (χ1) is 11.6. The predicted molar refractivity (Wildman–Crippen MR) is 98.3 cm³/mol. The number of hydrogen-bond donors (Lipinski definition) is 2.